The van der Waals surface area contributed by atoms with Crippen molar-refractivity contribution in [2.45, 2.75) is 84.4 Å². The SMILES string of the molecule is CC(C)(CCCNCCC(C)(C)NC(=O)OC(C)(C)C)NC(=O)O. The van der Waals surface area contributed by atoms with Gasteiger partial charge >= 0.3 is 12.2 Å². The van der Waals surface area contributed by atoms with E-state index in [9.17, 15) is 9.59 Å². The molecule has 4 N–H and O–H groups in total. The summed E-state index contributed by atoms with van der Waals surface area (Å²) >= 11 is 0. The molecule has 0 atom stereocenters. The Kier molecular flexibility index (Phi) is 8.54. The van der Waals surface area contributed by atoms with E-state index in [0.717, 1.165) is 32.4 Å². The molecule has 2 amide bonds. The Balaban J connectivity index is 3.94. The number of amides is 2. The van der Waals surface area contributed by atoms with Crippen molar-refractivity contribution in [3.63, 3.8) is 0 Å². The van der Waals surface area contributed by atoms with E-state index in [-0.39, 0.29) is 5.54 Å². The molecule has 24 heavy (non-hydrogen) atoms. The van der Waals surface area contributed by atoms with Crippen molar-refractivity contribution in [2.24, 2.45) is 0 Å². The molecule has 0 aromatic heterocycles. The average Bonchev–Trinajstić information content (AvgIpc) is 2.28. The van der Waals surface area contributed by atoms with Gasteiger partial charge in [-0.3, -0.25) is 0 Å². The Morgan fingerprint density at radius 2 is 1.42 bits per heavy atom. The number of alkyl carbamates (subject to hydrolysis) is 1. The lowest BCUT2D eigenvalue weighted by Gasteiger charge is -2.29. The van der Waals surface area contributed by atoms with Gasteiger partial charge in [0.15, 0.2) is 0 Å². The van der Waals surface area contributed by atoms with Gasteiger partial charge in [0.25, 0.3) is 0 Å². The molecule has 0 saturated heterocycles. The number of hydrogen-bond donors (Lipinski definition) is 4. The predicted octanol–water partition coefficient (Wildman–Crippen LogP) is 3.10. The first-order valence-electron chi connectivity index (χ1n) is 8.45. The Hall–Kier alpha value is -1.50. The summed E-state index contributed by atoms with van der Waals surface area (Å²) in [5.41, 5.74) is -1.29. The monoisotopic (exact) mass is 345 g/mol. The van der Waals surface area contributed by atoms with Crippen LogP contribution >= 0.6 is 0 Å². The van der Waals surface area contributed by atoms with E-state index < -0.39 is 23.3 Å². The van der Waals surface area contributed by atoms with Crippen LogP contribution in [-0.2, 0) is 4.74 Å². The maximum Gasteiger partial charge on any atom is 0.408 e. The van der Waals surface area contributed by atoms with Crippen LogP contribution < -0.4 is 16.0 Å². The van der Waals surface area contributed by atoms with Crippen LogP contribution in [0.3, 0.4) is 0 Å². The van der Waals surface area contributed by atoms with Gasteiger partial charge in [-0.15, -0.1) is 0 Å². The number of ether oxygens (including phenoxy) is 1. The summed E-state index contributed by atoms with van der Waals surface area (Å²) in [4.78, 5) is 22.5. The fraction of sp³-hybridized carbons (Fsp3) is 0.882. The fourth-order valence-electron chi connectivity index (χ4n) is 2.18. The Bertz CT molecular complexity index is 415. The van der Waals surface area contributed by atoms with Crippen LogP contribution in [0, 0.1) is 0 Å². The minimum Gasteiger partial charge on any atom is -0.465 e. The Morgan fingerprint density at radius 3 is 1.92 bits per heavy atom. The van der Waals surface area contributed by atoms with Gasteiger partial charge in [-0.05, 0) is 80.8 Å². The fourth-order valence-corrected chi connectivity index (χ4v) is 2.18. The molecule has 0 rings (SSSR count). The maximum atomic E-state index is 11.8. The van der Waals surface area contributed by atoms with E-state index >= 15 is 0 Å². The van der Waals surface area contributed by atoms with E-state index in [1.54, 1.807) is 0 Å². The first-order valence-corrected chi connectivity index (χ1v) is 8.45. The van der Waals surface area contributed by atoms with Crippen molar-refractivity contribution in [1.29, 1.82) is 0 Å². The highest BCUT2D eigenvalue weighted by Crippen LogP contribution is 2.12. The standard InChI is InChI=1S/C17H35N3O4/c1-15(2,3)24-14(23)20-17(6,7)10-12-18-11-8-9-16(4,5)19-13(21)22/h18-19H,8-12H2,1-7H3,(H,20,23)(H,21,22). The Morgan fingerprint density at radius 1 is 0.875 bits per heavy atom. The molecule has 0 bridgehead atoms. The molecule has 142 valence electrons. The van der Waals surface area contributed by atoms with E-state index in [4.69, 9.17) is 9.84 Å². The van der Waals surface area contributed by atoms with Gasteiger partial charge < -0.3 is 25.8 Å². The van der Waals surface area contributed by atoms with E-state index in [0.29, 0.717) is 0 Å². The van der Waals surface area contributed by atoms with Gasteiger partial charge in [-0.1, -0.05) is 0 Å². The summed E-state index contributed by atoms with van der Waals surface area (Å²) < 4.78 is 5.26. The summed E-state index contributed by atoms with van der Waals surface area (Å²) in [6.45, 7) is 14.7. The lowest BCUT2D eigenvalue weighted by molar-refractivity contribution is 0.0468. The quantitative estimate of drug-likeness (QED) is 0.481. The number of nitrogens with one attached hydrogen (secondary N) is 3. The number of rotatable bonds is 9. The van der Waals surface area contributed by atoms with Gasteiger partial charge in [-0.25, -0.2) is 9.59 Å². The third-order valence-electron chi connectivity index (χ3n) is 3.37. The summed E-state index contributed by atoms with van der Waals surface area (Å²) in [5, 5.41) is 17.4. The molecule has 0 aliphatic rings. The van der Waals surface area contributed by atoms with Crippen LogP contribution in [-0.4, -0.2) is 47.1 Å². The second-order valence-electron chi connectivity index (χ2n) is 8.43. The number of hydrogen-bond acceptors (Lipinski definition) is 4. The molecule has 7 nitrogen and oxygen atoms in total. The van der Waals surface area contributed by atoms with Crippen molar-refractivity contribution in [1.82, 2.24) is 16.0 Å². The van der Waals surface area contributed by atoms with Crippen LogP contribution in [0.5, 0.6) is 0 Å². The molecule has 0 aliphatic heterocycles. The van der Waals surface area contributed by atoms with Crippen LogP contribution in [0.4, 0.5) is 9.59 Å². The summed E-state index contributed by atoms with van der Waals surface area (Å²) in [7, 11) is 0. The number of carboxylic acid groups (broad SMARTS) is 1. The molecule has 0 radical (unpaired) electrons. The molecule has 0 aromatic rings. The van der Waals surface area contributed by atoms with Gasteiger partial charge in [-0.2, -0.15) is 0 Å². The maximum absolute atomic E-state index is 11.8. The Labute approximate surface area is 145 Å². The van der Waals surface area contributed by atoms with E-state index in [1.807, 2.05) is 48.5 Å². The van der Waals surface area contributed by atoms with Gasteiger partial charge in [0, 0.05) is 11.1 Å². The molecule has 0 fully saturated rings. The first kappa shape index (κ1) is 22.5. The number of carbonyl (C=O) groups excluding carboxylic acids is 1. The molecule has 0 spiro atoms. The highest BCUT2D eigenvalue weighted by atomic mass is 16.6. The van der Waals surface area contributed by atoms with Crippen LogP contribution in [0.2, 0.25) is 0 Å². The van der Waals surface area contributed by atoms with Crippen molar-refractivity contribution in [3.8, 4) is 0 Å². The lowest BCUT2D eigenvalue weighted by Crippen LogP contribution is -2.47. The molecule has 0 saturated carbocycles. The molecule has 0 aromatic carbocycles. The smallest absolute Gasteiger partial charge is 0.408 e. The molecule has 7 heteroatoms. The van der Waals surface area contributed by atoms with Crippen LogP contribution in [0.25, 0.3) is 0 Å². The van der Waals surface area contributed by atoms with Gasteiger partial charge in [0.2, 0.25) is 0 Å². The zero-order chi connectivity index (χ0) is 19.0. The van der Waals surface area contributed by atoms with Crippen molar-refractivity contribution >= 4 is 12.2 Å². The third kappa shape index (κ3) is 13.0. The molecule has 0 heterocycles. The third-order valence-corrected chi connectivity index (χ3v) is 3.37. The second kappa shape index (κ2) is 9.11. The first-order chi connectivity index (χ1) is 10.7. The minimum atomic E-state index is -0.997. The van der Waals surface area contributed by atoms with Gasteiger partial charge in [0.1, 0.15) is 5.60 Å². The molecular formula is C17H35N3O4. The van der Waals surface area contributed by atoms with Crippen LogP contribution in [0.15, 0.2) is 0 Å². The number of carbonyl (C=O) groups is 2. The largest absolute Gasteiger partial charge is 0.465 e. The predicted molar refractivity (Wildman–Crippen MR) is 95.4 cm³/mol. The lowest BCUT2D eigenvalue weighted by atomic mass is 9.98. The zero-order valence-corrected chi connectivity index (χ0v) is 16.2. The van der Waals surface area contributed by atoms with E-state index in [2.05, 4.69) is 16.0 Å². The second-order valence-corrected chi connectivity index (χ2v) is 8.43. The minimum absolute atomic E-state index is 0.362. The van der Waals surface area contributed by atoms with Crippen molar-refractivity contribution < 1.29 is 19.4 Å². The van der Waals surface area contributed by atoms with Crippen molar-refractivity contribution in [3.05, 3.63) is 0 Å². The molecule has 0 unspecified atom stereocenters. The molecular weight excluding hydrogens is 310 g/mol. The van der Waals surface area contributed by atoms with Crippen molar-refractivity contribution in [2.75, 3.05) is 13.1 Å². The van der Waals surface area contributed by atoms with E-state index in [1.165, 1.54) is 0 Å². The van der Waals surface area contributed by atoms with Gasteiger partial charge in [0.05, 0.1) is 0 Å². The normalized spacial score (nSPS) is 12.6. The summed E-state index contributed by atoms with van der Waals surface area (Å²) in [5.74, 6) is 0. The van der Waals surface area contributed by atoms with Crippen LogP contribution in [0.1, 0.15) is 67.7 Å². The summed E-state index contributed by atoms with van der Waals surface area (Å²) in [6, 6.07) is 0. The topological polar surface area (TPSA) is 99.7 Å². The highest BCUT2D eigenvalue weighted by Gasteiger charge is 2.24. The average molecular weight is 345 g/mol. The highest BCUT2D eigenvalue weighted by molar-refractivity contribution is 5.68. The summed E-state index contributed by atoms with van der Waals surface area (Å²) in [6.07, 6.45) is 0.985. The zero-order valence-electron chi connectivity index (χ0n) is 16.2. The molecule has 0 aliphatic carbocycles.